The molecule has 3 nitrogen and oxygen atoms in total. The van der Waals surface area contributed by atoms with Crippen LogP contribution in [-0.4, -0.2) is 11.3 Å². The number of nitrogens with one attached hydrogen (secondary N) is 1. The number of benzene rings is 3. The molecule has 3 aromatic carbocycles. The van der Waals surface area contributed by atoms with Gasteiger partial charge in [-0.2, -0.15) is 0 Å². The third kappa shape index (κ3) is 2.26. The fourth-order valence-corrected chi connectivity index (χ4v) is 3.22. The fraction of sp³-hybridized carbons (Fsp3) is 0.0952. The van der Waals surface area contributed by atoms with Crippen molar-refractivity contribution in [3.05, 3.63) is 71.3 Å². The predicted molar refractivity (Wildman–Crippen MR) is 97.2 cm³/mol. The Bertz CT molecular complexity index is 1060. The van der Waals surface area contributed by atoms with Crippen LogP contribution in [0.25, 0.3) is 21.8 Å². The third-order valence-electron chi connectivity index (χ3n) is 4.45. The van der Waals surface area contributed by atoms with E-state index < -0.39 is 0 Å². The lowest BCUT2D eigenvalue weighted by Gasteiger charge is -2.07. The molecule has 0 aliphatic carbocycles. The van der Waals surface area contributed by atoms with Crippen LogP contribution in [0.2, 0.25) is 0 Å². The largest absolute Gasteiger partial charge is 0.457 e. The smallest absolute Gasteiger partial charge is 0.150 e. The van der Waals surface area contributed by atoms with E-state index in [2.05, 4.69) is 4.98 Å². The second-order valence-corrected chi connectivity index (χ2v) is 6.02. The van der Waals surface area contributed by atoms with E-state index in [4.69, 9.17) is 4.74 Å². The van der Waals surface area contributed by atoms with Gasteiger partial charge in [-0.25, -0.2) is 0 Å². The molecule has 0 bridgehead atoms. The molecule has 0 saturated carbocycles. The number of hydrogen-bond donors (Lipinski definition) is 1. The van der Waals surface area contributed by atoms with Gasteiger partial charge < -0.3 is 9.72 Å². The summed E-state index contributed by atoms with van der Waals surface area (Å²) in [4.78, 5) is 14.8. The Hall–Kier alpha value is -3.07. The molecular weight excluding hydrogens is 298 g/mol. The normalized spacial score (nSPS) is 11.1. The van der Waals surface area contributed by atoms with Crippen LogP contribution < -0.4 is 4.74 Å². The fourth-order valence-electron chi connectivity index (χ4n) is 3.22. The van der Waals surface area contributed by atoms with Crippen LogP contribution in [0.15, 0.2) is 54.6 Å². The van der Waals surface area contributed by atoms with Crippen LogP contribution in [0.5, 0.6) is 11.5 Å². The van der Waals surface area contributed by atoms with Crippen LogP contribution in [0.1, 0.15) is 21.5 Å². The number of rotatable bonds is 3. The van der Waals surface area contributed by atoms with Crippen molar-refractivity contribution >= 4 is 28.1 Å². The summed E-state index contributed by atoms with van der Waals surface area (Å²) in [7, 11) is 0. The first-order chi connectivity index (χ1) is 11.7. The van der Waals surface area contributed by atoms with Crippen molar-refractivity contribution in [1.29, 1.82) is 0 Å². The van der Waals surface area contributed by atoms with Gasteiger partial charge in [0.15, 0.2) is 0 Å². The number of para-hydroxylation sites is 1. The van der Waals surface area contributed by atoms with Crippen LogP contribution >= 0.6 is 0 Å². The Balaban J connectivity index is 1.93. The van der Waals surface area contributed by atoms with Crippen molar-refractivity contribution in [1.82, 2.24) is 4.98 Å². The molecule has 118 valence electrons. The second kappa shape index (κ2) is 5.53. The first kappa shape index (κ1) is 14.5. The maximum atomic E-state index is 11.4. The molecule has 0 fully saturated rings. The average molecular weight is 315 g/mol. The molecular formula is C21H17NO2. The van der Waals surface area contributed by atoms with Crippen molar-refractivity contribution in [2.75, 3.05) is 0 Å². The molecule has 0 amide bonds. The number of aromatic amines is 1. The molecule has 0 aliphatic rings. The van der Waals surface area contributed by atoms with E-state index >= 15 is 0 Å². The molecule has 4 rings (SSSR count). The Morgan fingerprint density at radius 3 is 2.50 bits per heavy atom. The van der Waals surface area contributed by atoms with Crippen molar-refractivity contribution < 1.29 is 9.53 Å². The maximum Gasteiger partial charge on any atom is 0.150 e. The molecule has 0 atom stereocenters. The van der Waals surface area contributed by atoms with Gasteiger partial charge in [-0.05, 0) is 61.4 Å². The molecule has 1 aromatic heterocycles. The third-order valence-corrected chi connectivity index (χ3v) is 4.45. The number of hydrogen-bond acceptors (Lipinski definition) is 2. The van der Waals surface area contributed by atoms with Crippen LogP contribution in [0.3, 0.4) is 0 Å². The first-order valence-electron chi connectivity index (χ1n) is 7.91. The summed E-state index contributed by atoms with van der Waals surface area (Å²) in [6.07, 6.45) is 0.922. The summed E-state index contributed by atoms with van der Waals surface area (Å²) in [5.74, 6) is 1.58. The summed E-state index contributed by atoms with van der Waals surface area (Å²) in [6, 6.07) is 17.7. The highest BCUT2D eigenvalue weighted by atomic mass is 16.5. The zero-order valence-electron chi connectivity index (χ0n) is 13.6. The van der Waals surface area contributed by atoms with Gasteiger partial charge >= 0.3 is 0 Å². The molecule has 1 N–H and O–H groups in total. The van der Waals surface area contributed by atoms with Crippen LogP contribution in [-0.2, 0) is 0 Å². The SMILES string of the molecule is Cc1cc(C=O)c(C)c2c1[nH]c1ccc(Oc3ccccc3)cc12. The van der Waals surface area contributed by atoms with E-state index in [1.807, 2.05) is 68.4 Å². The van der Waals surface area contributed by atoms with E-state index in [9.17, 15) is 4.79 Å². The van der Waals surface area contributed by atoms with E-state index in [1.54, 1.807) is 0 Å². The van der Waals surface area contributed by atoms with E-state index in [1.165, 1.54) is 0 Å². The molecule has 1 heterocycles. The summed E-state index contributed by atoms with van der Waals surface area (Å²) in [5.41, 5.74) is 4.91. The highest BCUT2D eigenvalue weighted by molar-refractivity contribution is 6.12. The summed E-state index contributed by atoms with van der Waals surface area (Å²) in [5, 5.41) is 2.16. The van der Waals surface area contributed by atoms with Crippen molar-refractivity contribution in [3.8, 4) is 11.5 Å². The van der Waals surface area contributed by atoms with Crippen molar-refractivity contribution in [2.45, 2.75) is 13.8 Å². The quantitative estimate of drug-likeness (QED) is 0.504. The van der Waals surface area contributed by atoms with Gasteiger partial charge in [0.1, 0.15) is 17.8 Å². The number of aryl methyl sites for hydroxylation is 2. The molecule has 0 aliphatic heterocycles. The highest BCUT2D eigenvalue weighted by Gasteiger charge is 2.13. The van der Waals surface area contributed by atoms with Gasteiger partial charge in [0.05, 0.1) is 0 Å². The van der Waals surface area contributed by atoms with Gasteiger partial charge in [-0.15, -0.1) is 0 Å². The Morgan fingerprint density at radius 2 is 1.75 bits per heavy atom. The minimum absolute atomic E-state index is 0.732. The molecule has 0 unspecified atom stereocenters. The first-order valence-corrected chi connectivity index (χ1v) is 7.91. The zero-order chi connectivity index (χ0) is 16.7. The van der Waals surface area contributed by atoms with Gasteiger partial charge in [0.2, 0.25) is 0 Å². The molecule has 0 spiro atoms. The summed E-state index contributed by atoms with van der Waals surface area (Å²) >= 11 is 0. The van der Waals surface area contributed by atoms with Gasteiger partial charge in [-0.3, -0.25) is 4.79 Å². The Kier molecular flexibility index (Phi) is 3.35. The zero-order valence-corrected chi connectivity index (χ0v) is 13.6. The Labute approximate surface area is 139 Å². The minimum atomic E-state index is 0.732. The second-order valence-electron chi connectivity index (χ2n) is 6.02. The number of ether oxygens (including phenoxy) is 1. The lowest BCUT2D eigenvalue weighted by atomic mass is 9.99. The summed E-state index contributed by atoms with van der Waals surface area (Å²) < 4.78 is 5.95. The number of fused-ring (bicyclic) bond motifs is 3. The number of aromatic nitrogens is 1. The molecule has 0 saturated heterocycles. The van der Waals surface area contributed by atoms with Crippen molar-refractivity contribution in [2.24, 2.45) is 0 Å². The van der Waals surface area contributed by atoms with E-state index in [0.717, 1.165) is 56.3 Å². The molecule has 24 heavy (non-hydrogen) atoms. The number of carbonyl (C=O) groups excluding carboxylic acids is 1. The van der Waals surface area contributed by atoms with Gasteiger partial charge in [0.25, 0.3) is 0 Å². The molecule has 3 heteroatoms. The topological polar surface area (TPSA) is 42.1 Å². The van der Waals surface area contributed by atoms with Crippen molar-refractivity contribution in [3.63, 3.8) is 0 Å². The number of aldehydes is 1. The minimum Gasteiger partial charge on any atom is -0.457 e. The highest BCUT2D eigenvalue weighted by Crippen LogP contribution is 2.35. The monoisotopic (exact) mass is 315 g/mol. The van der Waals surface area contributed by atoms with Gasteiger partial charge in [-0.1, -0.05) is 18.2 Å². The number of carbonyl (C=O) groups is 1. The lowest BCUT2D eigenvalue weighted by molar-refractivity contribution is 0.112. The van der Waals surface area contributed by atoms with Crippen LogP contribution in [0, 0.1) is 13.8 Å². The molecule has 0 radical (unpaired) electrons. The Morgan fingerprint density at radius 1 is 0.958 bits per heavy atom. The van der Waals surface area contributed by atoms with E-state index in [0.29, 0.717) is 0 Å². The summed E-state index contributed by atoms with van der Waals surface area (Å²) in [6.45, 7) is 4.01. The van der Waals surface area contributed by atoms with Gasteiger partial charge in [0, 0.05) is 27.4 Å². The van der Waals surface area contributed by atoms with Crippen LogP contribution in [0.4, 0.5) is 0 Å². The lowest BCUT2D eigenvalue weighted by Crippen LogP contribution is -1.90. The number of H-pyrrole nitrogens is 1. The molecule has 4 aromatic rings. The predicted octanol–water partition coefficient (Wildman–Crippen LogP) is 5.54. The maximum absolute atomic E-state index is 11.4. The average Bonchev–Trinajstić information content (AvgIpc) is 2.98. The van der Waals surface area contributed by atoms with E-state index in [-0.39, 0.29) is 0 Å². The standard InChI is InChI=1S/C21H17NO2/c1-13-10-15(12-23)14(2)20-18-11-17(8-9-19(18)22-21(13)20)24-16-6-4-3-5-7-16/h3-12,22H,1-2H3.